The summed E-state index contributed by atoms with van der Waals surface area (Å²) in [5.74, 6) is 1.89. The van der Waals surface area contributed by atoms with Gasteiger partial charge in [0.15, 0.2) is 0 Å². The number of hydrogen-bond acceptors (Lipinski definition) is 4. The normalized spacial score (nSPS) is 13.9. The van der Waals surface area contributed by atoms with Crippen molar-refractivity contribution in [3.05, 3.63) is 11.9 Å². The van der Waals surface area contributed by atoms with Gasteiger partial charge in [-0.3, -0.25) is 0 Å². The molecule has 0 aliphatic carbocycles. The molecule has 0 aliphatic rings. The smallest absolute Gasteiger partial charge is 0.0965 e. The van der Waals surface area contributed by atoms with Crippen LogP contribution in [-0.2, 0) is 12.1 Å². The Bertz CT molecular complexity index is 329. The van der Waals surface area contributed by atoms with Crippen LogP contribution in [-0.4, -0.2) is 33.5 Å². The summed E-state index contributed by atoms with van der Waals surface area (Å²) in [6, 6.07) is 0. The molecule has 0 radical (unpaired) electrons. The van der Waals surface area contributed by atoms with Gasteiger partial charge in [0.05, 0.1) is 17.4 Å². The summed E-state index contributed by atoms with van der Waals surface area (Å²) in [6.07, 6.45) is 4.16. The fourth-order valence-corrected chi connectivity index (χ4v) is 2.18. The third kappa shape index (κ3) is 5.08. The van der Waals surface area contributed by atoms with E-state index in [-0.39, 0.29) is 5.54 Å². The molecule has 1 unspecified atom stereocenters. The first-order chi connectivity index (χ1) is 7.93. The molecule has 17 heavy (non-hydrogen) atoms. The summed E-state index contributed by atoms with van der Waals surface area (Å²) in [5, 5.41) is 11.7. The second-order valence-electron chi connectivity index (χ2n) is 5.52. The van der Waals surface area contributed by atoms with Crippen LogP contribution < -0.4 is 5.32 Å². The van der Waals surface area contributed by atoms with Gasteiger partial charge < -0.3 is 5.32 Å². The zero-order valence-corrected chi connectivity index (χ0v) is 12.3. The van der Waals surface area contributed by atoms with Crippen molar-refractivity contribution in [2.24, 2.45) is 5.92 Å². The third-order valence-electron chi connectivity index (χ3n) is 2.48. The number of aromatic nitrogens is 3. The van der Waals surface area contributed by atoms with Crippen molar-refractivity contribution < 1.29 is 0 Å². The number of hydrogen-bond donors (Lipinski definition) is 1. The second-order valence-corrected chi connectivity index (χ2v) is 6.43. The average molecular weight is 256 g/mol. The van der Waals surface area contributed by atoms with Gasteiger partial charge in [-0.15, -0.1) is 5.10 Å². The van der Waals surface area contributed by atoms with Crippen molar-refractivity contribution in [3.8, 4) is 0 Å². The number of nitrogens with zero attached hydrogens (tertiary/aromatic N) is 3. The molecule has 0 amide bonds. The molecule has 98 valence electrons. The van der Waals surface area contributed by atoms with E-state index in [2.05, 4.69) is 49.6 Å². The van der Waals surface area contributed by atoms with Crippen LogP contribution in [0.1, 0.15) is 33.4 Å². The first-order valence-electron chi connectivity index (χ1n) is 6.05. The molecule has 1 rings (SSSR count). The minimum absolute atomic E-state index is 0.0113. The molecule has 0 aromatic carbocycles. The van der Waals surface area contributed by atoms with E-state index in [1.807, 2.05) is 22.6 Å². The summed E-state index contributed by atoms with van der Waals surface area (Å²) in [5.41, 5.74) is 1.02. The fraction of sp³-hybridized carbons (Fsp3) is 0.833. The van der Waals surface area contributed by atoms with Gasteiger partial charge in [-0.25, -0.2) is 4.68 Å². The zero-order chi connectivity index (χ0) is 12.9. The monoisotopic (exact) mass is 256 g/mol. The van der Waals surface area contributed by atoms with Crippen molar-refractivity contribution in [1.29, 1.82) is 0 Å². The van der Waals surface area contributed by atoms with Gasteiger partial charge in [0.1, 0.15) is 0 Å². The van der Waals surface area contributed by atoms with Crippen LogP contribution in [0.3, 0.4) is 0 Å². The Kier molecular flexibility index (Phi) is 5.46. The van der Waals surface area contributed by atoms with E-state index in [0.29, 0.717) is 5.92 Å². The predicted molar refractivity (Wildman–Crippen MR) is 74.3 cm³/mol. The van der Waals surface area contributed by atoms with E-state index in [9.17, 15) is 0 Å². The van der Waals surface area contributed by atoms with Crippen LogP contribution in [0.15, 0.2) is 6.20 Å². The Labute approximate surface area is 109 Å². The van der Waals surface area contributed by atoms with Gasteiger partial charge in [-0.05, 0) is 45.2 Å². The molecule has 1 atom stereocenters. The summed E-state index contributed by atoms with van der Waals surface area (Å²) >= 11 is 1.89. The van der Waals surface area contributed by atoms with Crippen LogP contribution >= 0.6 is 11.8 Å². The number of rotatable bonds is 6. The maximum absolute atomic E-state index is 4.17. The Morgan fingerprint density at radius 2 is 2.18 bits per heavy atom. The largest absolute Gasteiger partial charge is 0.311 e. The van der Waals surface area contributed by atoms with Gasteiger partial charge in [0, 0.05) is 6.54 Å². The SMILES string of the molecule is CSCC(C)CNCc1cn(C(C)(C)C)nn1. The lowest BCUT2D eigenvalue weighted by Crippen LogP contribution is -2.23. The lowest BCUT2D eigenvalue weighted by molar-refractivity contribution is 0.347. The van der Waals surface area contributed by atoms with E-state index in [1.165, 1.54) is 5.75 Å². The quantitative estimate of drug-likeness (QED) is 0.846. The average Bonchev–Trinajstić information content (AvgIpc) is 2.66. The molecule has 1 aromatic heterocycles. The molecule has 5 heteroatoms. The molecule has 0 spiro atoms. The standard InChI is InChI=1S/C12H24N4S/c1-10(9-17-5)6-13-7-11-8-16(15-14-11)12(2,3)4/h8,10,13H,6-7,9H2,1-5H3. The molecular weight excluding hydrogens is 232 g/mol. The highest BCUT2D eigenvalue weighted by molar-refractivity contribution is 7.98. The topological polar surface area (TPSA) is 42.7 Å². The number of nitrogens with one attached hydrogen (secondary N) is 1. The summed E-state index contributed by atoms with van der Waals surface area (Å²) < 4.78 is 1.91. The molecule has 1 N–H and O–H groups in total. The Balaban J connectivity index is 2.35. The summed E-state index contributed by atoms with van der Waals surface area (Å²) in [6.45, 7) is 10.5. The van der Waals surface area contributed by atoms with Gasteiger partial charge in [-0.1, -0.05) is 12.1 Å². The summed E-state index contributed by atoms with van der Waals surface area (Å²) in [7, 11) is 0. The molecule has 1 heterocycles. The Morgan fingerprint density at radius 3 is 2.71 bits per heavy atom. The van der Waals surface area contributed by atoms with E-state index in [0.717, 1.165) is 18.8 Å². The van der Waals surface area contributed by atoms with Gasteiger partial charge in [-0.2, -0.15) is 11.8 Å². The van der Waals surface area contributed by atoms with Gasteiger partial charge >= 0.3 is 0 Å². The minimum atomic E-state index is 0.0113. The molecule has 0 aliphatic heterocycles. The molecule has 0 fully saturated rings. The molecule has 1 aromatic rings. The molecule has 0 bridgehead atoms. The maximum Gasteiger partial charge on any atom is 0.0965 e. The van der Waals surface area contributed by atoms with Crippen LogP contribution in [0, 0.1) is 5.92 Å². The Hall–Kier alpha value is -0.550. The summed E-state index contributed by atoms with van der Waals surface area (Å²) in [4.78, 5) is 0. The first kappa shape index (κ1) is 14.5. The van der Waals surface area contributed by atoms with Crippen LogP contribution in [0.5, 0.6) is 0 Å². The van der Waals surface area contributed by atoms with Crippen molar-refractivity contribution >= 4 is 11.8 Å². The second kappa shape index (κ2) is 6.40. The molecular formula is C12H24N4S. The number of thioether (sulfide) groups is 1. The minimum Gasteiger partial charge on any atom is -0.311 e. The van der Waals surface area contributed by atoms with Gasteiger partial charge in [0.25, 0.3) is 0 Å². The lowest BCUT2D eigenvalue weighted by atomic mass is 10.1. The highest BCUT2D eigenvalue weighted by Gasteiger charge is 2.14. The van der Waals surface area contributed by atoms with Crippen LogP contribution in [0.4, 0.5) is 0 Å². The maximum atomic E-state index is 4.17. The van der Waals surface area contributed by atoms with E-state index < -0.39 is 0 Å². The molecule has 4 nitrogen and oxygen atoms in total. The van der Waals surface area contributed by atoms with E-state index in [1.54, 1.807) is 0 Å². The third-order valence-corrected chi connectivity index (χ3v) is 3.38. The highest BCUT2D eigenvalue weighted by Crippen LogP contribution is 2.11. The highest BCUT2D eigenvalue weighted by atomic mass is 32.2. The first-order valence-corrected chi connectivity index (χ1v) is 7.44. The van der Waals surface area contributed by atoms with E-state index in [4.69, 9.17) is 0 Å². The van der Waals surface area contributed by atoms with Crippen molar-refractivity contribution in [3.63, 3.8) is 0 Å². The lowest BCUT2D eigenvalue weighted by Gasteiger charge is -2.17. The van der Waals surface area contributed by atoms with Crippen molar-refractivity contribution in [2.75, 3.05) is 18.6 Å². The fourth-order valence-electron chi connectivity index (χ4n) is 1.50. The molecule has 0 saturated heterocycles. The van der Waals surface area contributed by atoms with Gasteiger partial charge in [0.2, 0.25) is 0 Å². The van der Waals surface area contributed by atoms with Crippen LogP contribution in [0.25, 0.3) is 0 Å². The predicted octanol–water partition coefficient (Wildman–Crippen LogP) is 2.12. The van der Waals surface area contributed by atoms with Crippen molar-refractivity contribution in [2.45, 2.75) is 39.8 Å². The Morgan fingerprint density at radius 1 is 1.47 bits per heavy atom. The molecule has 0 saturated carbocycles. The van der Waals surface area contributed by atoms with Crippen LogP contribution in [0.2, 0.25) is 0 Å². The van der Waals surface area contributed by atoms with E-state index >= 15 is 0 Å². The van der Waals surface area contributed by atoms with Crippen molar-refractivity contribution in [1.82, 2.24) is 20.3 Å². The zero-order valence-electron chi connectivity index (χ0n) is 11.5.